The van der Waals surface area contributed by atoms with Crippen LogP contribution in [-0.2, 0) is 19.3 Å². The quantitative estimate of drug-likeness (QED) is 0.295. The Kier molecular flexibility index (Phi) is 9.04. The fourth-order valence-corrected chi connectivity index (χ4v) is 3.63. The van der Waals surface area contributed by atoms with E-state index in [1.165, 1.54) is 66.3 Å². The van der Waals surface area contributed by atoms with Gasteiger partial charge in [-0.15, -0.1) is 0 Å². The largest absolute Gasteiger partial charge is 0.261 e. The van der Waals surface area contributed by atoms with E-state index in [-0.39, 0.29) is 0 Å². The Balaban J connectivity index is 2.37. The van der Waals surface area contributed by atoms with Gasteiger partial charge in [-0.05, 0) is 66.5 Å². The summed E-state index contributed by atoms with van der Waals surface area (Å²) in [6, 6.07) is 15.4. The first-order valence-corrected chi connectivity index (χ1v) is 10.5. The van der Waals surface area contributed by atoms with Crippen molar-refractivity contribution in [1.82, 2.24) is 0 Å². The Hall–Kier alpha value is -2.15. The molecule has 2 aromatic carbocycles. The third kappa shape index (κ3) is 6.50. The Labute approximate surface area is 166 Å². The second-order valence-corrected chi connectivity index (χ2v) is 7.42. The zero-order valence-corrected chi connectivity index (χ0v) is 17.4. The van der Waals surface area contributed by atoms with Crippen LogP contribution in [-0.4, -0.2) is 5.71 Å². The lowest BCUT2D eigenvalue weighted by Gasteiger charge is -2.16. The summed E-state index contributed by atoms with van der Waals surface area (Å²) in [5, 5.41) is 0. The van der Waals surface area contributed by atoms with E-state index in [0.29, 0.717) is 0 Å². The Morgan fingerprint density at radius 3 is 2.26 bits per heavy atom. The Morgan fingerprint density at radius 1 is 0.926 bits per heavy atom. The van der Waals surface area contributed by atoms with E-state index < -0.39 is 0 Å². The predicted octanol–water partition coefficient (Wildman–Crippen LogP) is 7.25. The van der Waals surface area contributed by atoms with Gasteiger partial charge >= 0.3 is 0 Å². The van der Waals surface area contributed by atoms with Gasteiger partial charge in [0.1, 0.15) is 0 Å². The average molecular weight is 362 g/mol. The average Bonchev–Trinajstić information content (AvgIpc) is 2.68. The number of rotatable bonds is 11. The number of hydrogen-bond acceptors (Lipinski definition) is 1. The van der Waals surface area contributed by atoms with Gasteiger partial charge in [-0.2, -0.15) is 0 Å². The molecule has 2 rings (SSSR count). The zero-order chi connectivity index (χ0) is 19.5. The van der Waals surface area contributed by atoms with E-state index >= 15 is 0 Å². The maximum Gasteiger partial charge on any atom is 0.0522 e. The summed E-state index contributed by atoms with van der Waals surface area (Å²) in [6.45, 7) is 10.6. The minimum Gasteiger partial charge on any atom is -0.261 e. The summed E-state index contributed by atoms with van der Waals surface area (Å²) in [7, 11) is 0. The molecule has 144 valence electrons. The number of hydrogen-bond donors (Lipinski definition) is 0. The van der Waals surface area contributed by atoms with Crippen molar-refractivity contribution in [2.75, 3.05) is 0 Å². The van der Waals surface area contributed by atoms with Crippen molar-refractivity contribution in [2.24, 2.45) is 4.99 Å². The van der Waals surface area contributed by atoms with Gasteiger partial charge in [0.05, 0.1) is 5.71 Å². The van der Waals surface area contributed by atoms with Gasteiger partial charge < -0.3 is 0 Å². The van der Waals surface area contributed by atoms with Crippen LogP contribution in [0.2, 0.25) is 0 Å². The predicted molar refractivity (Wildman–Crippen MR) is 120 cm³/mol. The van der Waals surface area contributed by atoms with Crippen LogP contribution in [0.25, 0.3) is 0 Å². The molecule has 0 aliphatic carbocycles. The molecule has 0 unspecified atom stereocenters. The molecule has 0 aromatic heterocycles. The van der Waals surface area contributed by atoms with Crippen molar-refractivity contribution in [3.05, 3.63) is 83.1 Å². The highest BCUT2D eigenvalue weighted by Crippen LogP contribution is 2.23. The van der Waals surface area contributed by atoms with E-state index in [1.54, 1.807) is 6.20 Å². The molecule has 0 saturated carbocycles. The molecule has 1 heteroatoms. The monoisotopic (exact) mass is 361 g/mol. The molecule has 0 N–H and O–H groups in total. The van der Waals surface area contributed by atoms with E-state index in [9.17, 15) is 0 Å². The molecule has 0 radical (unpaired) electrons. The van der Waals surface area contributed by atoms with Crippen LogP contribution in [0.4, 0.5) is 0 Å². The van der Waals surface area contributed by atoms with Crippen LogP contribution in [0.1, 0.15) is 73.8 Å². The second kappa shape index (κ2) is 11.5. The minimum atomic E-state index is 0.843. The molecule has 0 heterocycles. The molecular weight excluding hydrogens is 326 g/mol. The van der Waals surface area contributed by atoms with Crippen molar-refractivity contribution in [2.45, 2.75) is 72.1 Å². The van der Waals surface area contributed by atoms with Gasteiger partial charge in [0, 0.05) is 12.6 Å². The van der Waals surface area contributed by atoms with Gasteiger partial charge in [0.2, 0.25) is 0 Å². The maximum absolute atomic E-state index is 4.66. The molecule has 0 spiro atoms. The van der Waals surface area contributed by atoms with Gasteiger partial charge in [-0.25, -0.2) is 0 Å². The van der Waals surface area contributed by atoms with Crippen molar-refractivity contribution < 1.29 is 0 Å². The first-order chi connectivity index (χ1) is 13.2. The Morgan fingerprint density at radius 2 is 1.59 bits per heavy atom. The highest BCUT2D eigenvalue weighted by Gasteiger charge is 2.13. The summed E-state index contributed by atoms with van der Waals surface area (Å²) < 4.78 is 0. The number of aliphatic imine (C=N–C) groups is 1. The fraction of sp³-hybridized carbons (Fsp3) is 0.423. The van der Waals surface area contributed by atoms with Crippen LogP contribution in [0, 0.1) is 6.92 Å². The van der Waals surface area contributed by atoms with E-state index in [4.69, 9.17) is 0 Å². The zero-order valence-electron chi connectivity index (χ0n) is 17.4. The first kappa shape index (κ1) is 21.2. The Bertz CT molecular complexity index is 740. The molecule has 0 bridgehead atoms. The number of nitrogens with zero attached hydrogens (tertiary/aromatic N) is 1. The molecule has 0 saturated heterocycles. The lowest BCUT2D eigenvalue weighted by molar-refractivity contribution is 0.707. The van der Waals surface area contributed by atoms with Crippen molar-refractivity contribution in [3.8, 4) is 0 Å². The van der Waals surface area contributed by atoms with Crippen molar-refractivity contribution in [1.29, 1.82) is 0 Å². The summed E-state index contributed by atoms with van der Waals surface area (Å²) in [6.07, 6.45) is 11.2. The van der Waals surface area contributed by atoms with Gasteiger partial charge in [0.25, 0.3) is 0 Å². The minimum absolute atomic E-state index is 0.843. The molecule has 27 heavy (non-hydrogen) atoms. The lowest BCUT2D eigenvalue weighted by atomic mass is 9.89. The van der Waals surface area contributed by atoms with Crippen LogP contribution < -0.4 is 0 Å². The molecule has 0 fully saturated rings. The summed E-state index contributed by atoms with van der Waals surface area (Å²) >= 11 is 0. The summed E-state index contributed by atoms with van der Waals surface area (Å²) in [5.41, 5.74) is 8.07. The third-order valence-electron chi connectivity index (χ3n) is 5.17. The van der Waals surface area contributed by atoms with Gasteiger partial charge in [0.15, 0.2) is 0 Å². The van der Waals surface area contributed by atoms with Crippen LogP contribution in [0.3, 0.4) is 0 Å². The standard InChI is InChI=1S/C26H35N/c1-5-8-11-17-23-18-21(4)25(20-24(23)16-9-6-2)26(27-7-3)19-22-14-12-10-13-15-22/h7,10,12-15,18,20H,3,5-6,8-9,11,16-17,19H2,1-2,4H3. The van der Waals surface area contributed by atoms with Crippen LogP contribution in [0.5, 0.6) is 0 Å². The molecule has 1 nitrogen and oxygen atoms in total. The highest BCUT2D eigenvalue weighted by atomic mass is 14.7. The molecule has 0 aliphatic heterocycles. The van der Waals surface area contributed by atoms with Crippen molar-refractivity contribution >= 4 is 5.71 Å². The number of benzene rings is 2. The molecule has 0 atom stereocenters. The second-order valence-electron chi connectivity index (χ2n) is 7.42. The van der Waals surface area contributed by atoms with Crippen molar-refractivity contribution in [3.63, 3.8) is 0 Å². The van der Waals surface area contributed by atoms with Gasteiger partial charge in [-0.3, -0.25) is 4.99 Å². The van der Waals surface area contributed by atoms with E-state index in [2.05, 4.69) is 74.8 Å². The molecule has 0 aliphatic rings. The molecule has 0 amide bonds. The summed E-state index contributed by atoms with van der Waals surface area (Å²) in [4.78, 5) is 4.66. The van der Waals surface area contributed by atoms with E-state index in [0.717, 1.165) is 18.6 Å². The van der Waals surface area contributed by atoms with Crippen LogP contribution >= 0.6 is 0 Å². The lowest BCUT2D eigenvalue weighted by Crippen LogP contribution is -2.10. The topological polar surface area (TPSA) is 12.4 Å². The van der Waals surface area contributed by atoms with Crippen LogP contribution in [0.15, 0.2) is 60.2 Å². The maximum atomic E-state index is 4.66. The SMILES string of the molecule is C=CN=C(Cc1ccccc1)c1cc(CCCC)c(CCCCC)cc1C. The summed E-state index contributed by atoms with van der Waals surface area (Å²) in [5.74, 6) is 0. The highest BCUT2D eigenvalue weighted by molar-refractivity contribution is 6.03. The smallest absolute Gasteiger partial charge is 0.0522 e. The van der Waals surface area contributed by atoms with E-state index in [1.807, 2.05) is 0 Å². The number of unbranched alkanes of at least 4 members (excludes halogenated alkanes) is 3. The molecule has 2 aromatic rings. The number of aryl methyl sites for hydroxylation is 3. The normalized spacial score (nSPS) is 11.6. The first-order valence-electron chi connectivity index (χ1n) is 10.5. The fourth-order valence-electron chi connectivity index (χ4n) is 3.63. The third-order valence-corrected chi connectivity index (χ3v) is 5.17. The molecular formula is C26H35N. The van der Waals surface area contributed by atoms with Gasteiger partial charge in [-0.1, -0.05) is 76.1 Å².